The molecule has 1 aliphatic heterocycles. The smallest absolute Gasteiger partial charge is 0.129 e. The van der Waals surface area contributed by atoms with Crippen molar-refractivity contribution in [1.29, 1.82) is 0 Å². The molecule has 3 rings (SSSR count). The van der Waals surface area contributed by atoms with Gasteiger partial charge in [-0.2, -0.15) is 0 Å². The topological polar surface area (TPSA) is 16.1 Å². The third kappa shape index (κ3) is 2.38. The fourth-order valence-corrected chi connectivity index (χ4v) is 3.32. The van der Waals surface area contributed by atoms with Crippen molar-refractivity contribution >= 4 is 17.2 Å². The second-order valence-electron chi connectivity index (χ2n) is 5.35. The summed E-state index contributed by atoms with van der Waals surface area (Å²) >= 11 is 5.83. The number of piperidine rings is 1. The Bertz CT molecular complexity index is 438. The van der Waals surface area contributed by atoms with E-state index in [1.165, 1.54) is 37.1 Å². The van der Waals surface area contributed by atoms with E-state index in [0.29, 0.717) is 5.15 Å². The molecule has 2 aliphatic rings. The summed E-state index contributed by atoms with van der Waals surface area (Å²) in [5.74, 6) is 1.53. The Morgan fingerprint density at radius 1 is 1.35 bits per heavy atom. The van der Waals surface area contributed by atoms with E-state index in [1.54, 1.807) is 0 Å². The maximum absolute atomic E-state index is 5.83. The third-order valence-corrected chi connectivity index (χ3v) is 4.02. The first-order chi connectivity index (χ1) is 8.20. The molecule has 3 heteroatoms. The molecule has 0 radical (unpaired) electrons. The predicted molar refractivity (Wildman–Crippen MR) is 70.9 cm³/mol. The van der Waals surface area contributed by atoms with E-state index < -0.39 is 0 Å². The number of allylic oxidation sites excluding steroid dienone is 1. The summed E-state index contributed by atoms with van der Waals surface area (Å²) < 4.78 is 0. The number of nitrogens with zero attached hydrogens (tertiary/aromatic N) is 2. The summed E-state index contributed by atoms with van der Waals surface area (Å²) in [5.41, 5.74) is 2.71. The first kappa shape index (κ1) is 11.2. The van der Waals surface area contributed by atoms with Gasteiger partial charge < -0.3 is 4.90 Å². The second-order valence-corrected chi connectivity index (χ2v) is 5.74. The van der Waals surface area contributed by atoms with Crippen LogP contribution in [0.4, 0.5) is 0 Å². The van der Waals surface area contributed by atoms with Gasteiger partial charge in [0.1, 0.15) is 5.15 Å². The van der Waals surface area contributed by atoms with Crippen molar-refractivity contribution in [1.82, 2.24) is 9.88 Å². The monoisotopic (exact) mass is 248 g/mol. The van der Waals surface area contributed by atoms with Crippen molar-refractivity contribution in [2.45, 2.75) is 12.8 Å². The Morgan fingerprint density at radius 3 is 2.94 bits per heavy atom. The van der Waals surface area contributed by atoms with Crippen molar-refractivity contribution in [3.63, 3.8) is 0 Å². The highest BCUT2D eigenvalue weighted by Gasteiger charge is 2.29. The van der Waals surface area contributed by atoms with Crippen LogP contribution in [0.1, 0.15) is 18.4 Å². The minimum absolute atomic E-state index is 0.574. The van der Waals surface area contributed by atoms with Gasteiger partial charge >= 0.3 is 0 Å². The molecule has 2 nitrogen and oxygen atoms in total. The average molecular weight is 249 g/mol. The van der Waals surface area contributed by atoms with Gasteiger partial charge in [0.05, 0.1) is 0 Å². The Balaban J connectivity index is 1.87. The Morgan fingerprint density at radius 2 is 2.24 bits per heavy atom. The number of fused-ring (bicyclic) bond motifs is 2. The zero-order chi connectivity index (χ0) is 11.8. The molecule has 17 heavy (non-hydrogen) atoms. The van der Waals surface area contributed by atoms with Crippen molar-refractivity contribution in [3.05, 3.63) is 35.1 Å². The number of rotatable bonds is 1. The highest BCUT2D eigenvalue weighted by molar-refractivity contribution is 6.29. The van der Waals surface area contributed by atoms with Gasteiger partial charge in [0.25, 0.3) is 0 Å². The number of hydrogen-bond donors (Lipinski definition) is 0. The summed E-state index contributed by atoms with van der Waals surface area (Å²) in [7, 11) is 2.22. The quantitative estimate of drug-likeness (QED) is 0.710. The van der Waals surface area contributed by atoms with Crippen molar-refractivity contribution in [3.8, 4) is 0 Å². The zero-order valence-electron chi connectivity index (χ0n) is 10.1. The van der Waals surface area contributed by atoms with E-state index in [2.05, 4.69) is 29.1 Å². The second kappa shape index (κ2) is 4.43. The fourth-order valence-electron chi connectivity index (χ4n) is 3.20. The molecule has 0 saturated carbocycles. The van der Waals surface area contributed by atoms with Gasteiger partial charge in [-0.1, -0.05) is 23.7 Å². The van der Waals surface area contributed by atoms with Crippen LogP contribution in [-0.4, -0.2) is 30.0 Å². The van der Waals surface area contributed by atoms with Crippen molar-refractivity contribution in [2.24, 2.45) is 11.8 Å². The summed E-state index contributed by atoms with van der Waals surface area (Å²) in [6.45, 7) is 2.43. The van der Waals surface area contributed by atoms with Crippen LogP contribution in [0.15, 0.2) is 24.4 Å². The van der Waals surface area contributed by atoms with E-state index in [1.807, 2.05) is 12.3 Å². The summed E-state index contributed by atoms with van der Waals surface area (Å²) in [5, 5.41) is 0.574. The molecule has 1 saturated heterocycles. The van der Waals surface area contributed by atoms with Crippen LogP contribution < -0.4 is 0 Å². The maximum atomic E-state index is 5.83. The molecule has 0 aromatic carbocycles. The molecule has 0 amide bonds. The average Bonchev–Trinajstić information content (AvgIpc) is 2.28. The Kier molecular flexibility index (Phi) is 2.93. The normalized spacial score (nSPS) is 28.9. The highest BCUT2D eigenvalue weighted by Crippen LogP contribution is 2.37. The summed E-state index contributed by atoms with van der Waals surface area (Å²) in [6, 6.07) is 3.97. The lowest BCUT2D eigenvalue weighted by molar-refractivity contribution is 0.170. The molecule has 2 bridgehead atoms. The standard InChI is InChI=1S/C14H17ClN2/c1-17-8-10-4-11(9-17)6-13(5-10)12-2-3-14(15)16-7-12/h2-3,5,7,10-11H,4,6,8-9H2,1H3. The molecule has 2 heterocycles. The molecule has 1 aromatic rings. The van der Waals surface area contributed by atoms with Gasteiger partial charge in [-0.15, -0.1) is 0 Å². The van der Waals surface area contributed by atoms with Crippen LogP contribution in [0, 0.1) is 11.8 Å². The van der Waals surface area contributed by atoms with Crippen LogP contribution in [0.25, 0.3) is 5.57 Å². The first-order valence-electron chi connectivity index (χ1n) is 6.22. The third-order valence-electron chi connectivity index (χ3n) is 3.80. The van der Waals surface area contributed by atoms with Crippen LogP contribution in [0.5, 0.6) is 0 Å². The van der Waals surface area contributed by atoms with E-state index in [0.717, 1.165) is 11.8 Å². The van der Waals surface area contributed by atoms with Crippen LogP contribution in [-0.2, 0) is 0 Å². The molecule has 0 spiro atoms. The van der Waals surface area contributed by atoms with Crippen LogP contribution >= 0.6 is 11.6 Å². The van der Waals surface area contributed by atoms with E-state index in [4.69, 9.17) is 11.6 Å². The van der Waals surface area contributed by atoms with Crippen molar-refractivity contribution < 1.29 is 0 Å². The minimum atomic E-state index is 0.574. The molecular weight excluding hydrogens is 232 g/mol. The number of hydrogen-bond acceptors (Lipinski definition) is 2. The lowest BCUT2D eigenvalue weighted by Gasteiger charge is -2.38. The number of aromatic nitrogens is 1. The van der Waals surface area contributed by atoms with Gasteiger partial charge in [-0.3, -0.25) is 0 Å². The van der Waals surface area contributed by atoms with Gasteiger partial charge in [-0.05, 0) is 48.9 Å². The molecule has 90 valence electrons. The molecule has 0 N–H and O–H groups in total. The summed E-state index contributed by atoms with van der Waals surface area (Å²) in [4.78, 5) is 6.63. The van der Waals surface area contributed by atoms with Crippen LogP contribution in [0.2, 0.25) is 5.15 Å². The molecule has 2 unspecified atom stereocenters. The number of pyridine rings is 1. The first-order valence-corrected chi connectivity index (χ1v) is 6.59. The Hall–Kier alpha value is -0.860. The predicted octanol–water partition coefficient (Wildman–Crippen LogP) is 3.09. The largest absolute Gasteiger partial charge is 0.305 e. The molecule has 1 aromatic heterocycles. The number of likely N-dealkylation sites (tertiary alicyclic amines) is 1. The van der Waals surface area contributed by atoms with Crippen molar-refractivity contribution in [2.75, 3.05) is 20.1 Å². The Labute approximate surface area is 107 Å². The van der Waals surface area contributed by atoms with Crippen LogP contribution in [0.3, 0.4) is 0 Å². The fraction of sp³-hybridized carbons (Fsp3) is 0.500. The highest BCUT2D eigenvalue weighted by atomic mass is 35.5. The minimum Gasteiger partial charge on any atom is -0.305 e. The SMILES string of the molecule is CN1CC2C=C(c3ccc(Cl)nc3)CC(C2)C1. The molecular formula is C14H17ClN2. The molecule has 1 fully saturated rings. The number of halogens is 1. The zero-order valence-corrected chi connectivity index (χ0v) is 10.8. The van der Waals surface area contributed by atoms with Gasteiger partial charge in [-0.25, -0.2) is 4.98 Å². The summed E-state index contributed by atoms with van der Waals surface area (Å²) in [6.07, 6.45) is 6.88. The van der Waals surface area contributed by atoms with E-state index in [9.17, 15) is 0 Å². The van der Waals surface area contributed by atoms with Gasteiger partial charge in [0.15, 0.2) is 0 Å². The van der Waals surface area contributed by atoms with E-state index >= 15 is 0 Å². The molecule has 2 atom stereocenters. The van der Waals surface area contributed by atoms with Gasteiger partial charge in [0, 0.05) is 19.3 Å². The maximum Gasteiger partial charge on any atom is 0.129 e. The van der Waals surface area contributed by atoms with E-state index in [-0.39, 0.29) is 0 Å². The van der Waals surface area contributed by atoms with Gasteiger partial charge in [0.2, 0.25) is 0 Å². The lowest BCUT2D eigenvalue weighted by atomic mass is 9.77. The molecule has 1 aliphatic carbocycles. The lowest BCUT2D eigenvalue weighted by Crippen LogP contribution is -2.39.